The van der Waals surface area contributed by atoms with Crippen LogP contribution in [0.15, 0.2) is 42.7 Å². The van der Waals surface area contributed by atoms with E-state index in [4.69, 9.17) is 14.7 Å². The van der Waals surface area contributed by atoms with E-state index >= 15 is 0 Å². The van der Waals surface area contributed by atoms with Crippen molar-refractivity contribution in [1.29, 1.82) is 5.26 Å². The maximum atomic E-state index is 13.5. The fourth-order valence-corrected chi connectivity index (χ4v) is 5.86. The van der Waals surface area contributed by atoms with Gasteiger partial charge >= 0.3 is 12.1 Å². The number of nitriles is 1. The molecule has 0 saturated carbocycles. The molecule has 5 atom stereocenters. The summed E-state index contributed by atoms with van der Waals surface area (Å²) in [6, 6.07) is 7.55. The number of nitrogens with zero attached hydrogens (tertiary/aromatic N) is 3. The summed E-state index contributed by atoms with van der Waals surface area (Å²) in [6.45, 7) is 3.18. The van der Waals surface area contributed by atoms with Crippen LogP contribution >= 0.6 is 0 Å². The molecule has 3 aliphatic rings. The number of amides is 2. The molecule has 0 aliphatic carbocycles. The number of halogens is 3. The molecule has 2 bridgehead atoms. The number of ether oxygens (including phenoxy) is 2. The number of rotatable bonds is 4. The van der Waals surface area contributed by atoms with Crippen LogP contribution in [0.2, 0.25) is 0 Å². The molecule has 1 aromatic carbocycles. The Balaban J connectivity index is 1.45. The number of hydrogen-bond donors (Lipinski definition) is 0. The molecule has 0 spiro atoms. The number of imide groups is 1. The zero-order valence-corrected chi connectivity index (χ0v) is 19.2. The van der Waals surface area contributed by atoms with Gasteiger partial charge in [0, 0.05) is 12.4 Å². The van der Waals surface area contributed by atoms with Gasteiger partial charge in [-0.05, 0) is 56.2 Å². The Morgan fingerprint density at radius 3 is 2.50 bits per heavy atom. The minimum Gasteiger partial charge on any atom is -0.461 e. The van der Waals surface area contributed by atoms with E-state index in [1.165, 1.54) is 6.07 Å². The second-order valence-corrected chi connectivity index (χ2v) is 9.63. The van der Waals surface area contributed by atoms with Crippen molar-refractivity contribution in [1.82, 2.24) is 4.98 Å². The van der Waals surface area contributed by atoms with Crippen LogP contribution in [-0.4, -0.2) is 34.0 Å². The Kier molecular flexibility index (Phi) is 5.23. The van der Waals surface area contributed by atoms with Crippen molar-refractivity contribution in [2.75, 3.05) is 4.90 Å². The molecule has 36 heavy (non-hydrogen) atoms. The molecule has 2 unspecified atom stereocenters. The van der Waals surface area contributed by atoms with Crippen molar-refractivity contribution in [3.8, 4) is 6.07 Å². The molecule has 3 saturated heterocycles. The number of pyridine rings is 1. The van der Waals surface area contributed by atoms with Crippen LogP contribution in [0.25, 0.3) is 0 Å². The van der Waals surface area contributed by atoms with E-state index < -0.39 is 64.0 Å². The van der Waals surface area contributed by atoms with Crippen molar-refractivity contribution < 1.29 is 37.0 Å². The van der Waals surface area contributed by atoms with Crippen LogP contribution in [0, 0.1) is 29.1 Å². The molecule has 8 nitrogen and oxygen atoms in total. The van der Waals surface area contributed by atoms with E-state index in [9.17, 15) is 27.6 Å². The maximum Gasteiger partial charge on any atom is 0.417 e. The summed E-state index contributed by atoms with van der Waals surface area (Å²) in [6.07, 6.45) is -1.62. The highest BCUT2D eigenvalue weighted by molar-refractivity contribution is 6.23. The van der Waals surface area contributed by atoms with E-state index in [0.717, 1.165) is 22.6 Å². The summed E-state index contributed by atoms with van der Waals surface area (Å²) in [7, 11) is 0. The average molecular weight is 499 g/mol. The van der Waals surface area contributed by atoms with Gasteiger partial charge in [-0.1, -0.05) is 0 Å². The number of esters is 1. The fraction of sp³-hybridized carbons (Fsp3) is 0.400. The van der Waals surface area contributed by atoms with Gasteiger partial charge in [-0.25, -0.2) is 4.90 Å². The average Bonchev–Trinajstić information content (AvgIpc) is 3.37. The Labute approximate surface area is 203 Å². The number of carbonyl (C=O) groups is 3. The normalized spacial score (nSPS) is 30.9. The van der Waals surface area contributed by atoms with Crippen molar-refractivity contribution in [3.63, 3.8) is 0 Å². The predicted molar refractivity (Wildman–Crippen MR) is 116 cm³/mol. The highest BCUT2D eigenvalue weighted by Crippen LogP contribution is 2.63. The molecule has 0 N–H and O–H groups in total. The van der Waals surface area contributed by atoms with E-state index in [1.807, 2.05) is 0 Å². The topological polar surface area (TPSA) is 110 Å². The van der Waals surface area contributed by atoms with Gasteiger partial charge in [0.05, 0.1) is 51.8 Å². The maximum absolute atomic E-state index is 13.5. The highest BCUT2D eigenvalue weighted by atomic mass is 19.4. The van der Waals surface area contributed by atoms with Gasteiger partial charge in [-0.3, -0.25) is 19.4 Å². The standard InChI is InChI=1S/C25H20F3N3O5/c1-23-10-17(22(34)35-12-13-5-7-30-8-6-13)24(2,36-23)19-18(23)20(32)31(21(19)33)15-4-3-14(11-29)16(9-15)25(26,27)28/h3-9,17-19H,10,12H2,1-2H3/t17-,18+,19-,23?,24?/m0/s1. The Morgan fingerprint density at radius 1 is 1.19 bits per heavy atom. The van der Waals surface area contributed by atoms with Gasteiger partial charge in [-0.15, -0.1) is 0 Å². The molecule has 1 aromatic heterocycles. The summed E-state index contributed by atoms with van der Waals surface area (Å²) >= 11 is 0. The van der Waals surface area contributed by atoms with Crippen LogP contribution in [0.4, 0.5) is 18.9 Å². The fourth-order valence-electron chi connectivity index (χ4n) is 5.86. The lowest BCUT2D eigenvalue weighted by molar-refractivity contribution is -0.158. The first-order valence-electron chi connectivity index (χ1n) is 11.2. The second-order valence-electron chi connectivity index (χ2n) is 9.63. The van der Waals surface area contributed by atoms with Crippen molar-refractivity contribution in [2.24, 2.45) is 17.8 Å². The lowest BCUT2D eigenvalue weighted by atomic mass is 9.64. The van der Waals surface area contributed by atoms with Gasteiger partial charge in [0.15, 0.2) is 0 Å². The number of hydrogen-bond acceptors (Lipinski definition) is 7. The predicted octanol–water partition coefficient (Wildman–Crippen LogP) is 3.39. The molecule has 5 rings (SSSR count). The van der Waals surface area contributed by atoms with Gasteiger partial charge in [-0.2, -0.15) is 18.4 Å². The molecule has 3 aliphatic heterocycles. The third-order valence-electron chi connectivity index (χ3n) is 7.44. The summed E-state index contributed by atoms with van der Waals surface area (Å²) in [5.74, 6) is -4.93. The number of benzene rings is 1. The van der Waals surface area contributed by atoms with Crippen molar-refractivity contribution >= 4 is 23.5 Å². The van der Waals surface area contributed by atoms with Crippen LogP contribution in [0.3, 0.4) is 0 Å². The van der Waals surface area contributed by atoms with Crippen LogP contribution in [0.5, 0.6) is 0 Å². The minimum absolute atomic E-state index is 0.0107. The van der Waals surface area contributed by atoms with Gasteiger partial charge in [0.25, 0.3) is 0 Å². The van der Waals surface area contributed by atoms with Gasteiger partial charge < -0.3 is 9.47 Å². The summed E-state index contributed by atoms with van der Waals surface area (Å²) in [5, 5.41) is 9.06. The molecule has 4 heterocycles. The molecule has 2 aromatic rings. The first-order chi connectivity index (χ1) is 16.9. The minimum atomic E-state index is -4.85. The number of carbonyl (C=O) groups excluding carboxylic acids is 3. The van der Waals surface area contributed by atoms with Crippen molar-refractivity contribution in [2.45, 2.75) is 44.3 Å². The molecule has 3 fully saturated rings. The largest absolute Gasteiger partial charge is 0.461 e. The lowest BCUT2D eigenvalue weighted by Crippen LogP contribution is -2.49. The van der Waals surface area contributed by atoms with E-state index in [-0.39, 0.29) is 18.7 Å². The van der Waals surface area contributed by atoms with Crippen molar-refractivity contribution in [3.05, 3.63) is 59.4 Å². The highest BCUT2D eigenvalue weighted by Gasteiger charge is 2.77. The zero-order valence-electron chi connectivity index (χ0n) is 19.2. The molecule has 11 heteroatoms. The molecular formula is C25H20F3N3O5. The number of fused-ring (bicyclic) bond motifs is 5. The van der Waals surface area contributed by atoms with E-state index in [0.29, 0.717) is 6.07 Å². The first-order valence-corrected chi connectivity index (χ1v) is 11.2. The van der Waals surface area contributed by atoms with Gasteiger partial charge in [0.2, 0.25) is 11.8 Å². The van der Waals surface area contributed by atoms with E-state index in [1.54, 1.807) is 38.4 Å². The number of aromatic nitrogens is 1. The Bertz CT molecular complexity index is 1320. The summed E-state index contributed by atoms with van der Waals surface area (Å²) in [4.78, 5) is 44.6. The molecule has 0 radical (unpaired) electrons. The monoisotopic (exact) mass is 499 g/mol. The van der Waals surface area contributed by atoms with Crippen LogP contribution < -0.4 is 4.90 Å². The summed E-state index contributed by atoms with van der Waals surface area (Å²) in [5.41, 5.74) is -3.99. The zero-order chi connectivity index (χ0) is 26.0. The van der Waals surface area contributed by atoms with E-state index in [2.05, 4.69) is 4.98 Å². The first kappa shape index (κ1) is 23.9. The molecule has 2 amide bonds. The number of anilines is 1. The molecule has 186 valence electrons. The quantitative estimate of drug-likeness (QED) is 0.469. The third-order valence-corrected chi connectivity index (χ3v) is 7.44. The smallest absolute Gasteiger partial charge is 0.417 e. The Morgan fingerprint density at radius 2 is 1.86 bits per heavy atom. The van der Waals surface area contributed by atoms with Gasteiger partial charge in [0.1, 0.15) is 6.61 Å². The lowest BCUT2D eigenvalue weighted by Gasteiger charge is -2.33. The number of alkyl halides is 3. The SMILES string of the molecule is CC12C[C@@H](C(=O)OCc3ccncc3)C(C)(O1)[C@@H]1C(=O)N(c3ccc(C#N)c(C(F)(F)F)c3)C(=O)[C@@H]12. The second kappa shape index (κ2) is 7.86. The third kappa shape index (κ3) is 3.39. The Hall–Kier alpha value is -3.78. The summed E-state index contributed by atoms with van der Waals surface area (Å²) < 4.78 is 52.1. The molecular weight excluding hydrogens is 479 g/mol. The van der Waals surface area contributed by atoms with Crippen LogP contribution in [0.1, 0.15) is 37.0 Å². The van der Waals surface area contributed by atoms with Crippen LogP contribution in [-0.2, 0) is 36.6 Å².